The summed E-state index contributed by atoms with van der Waals surface area (Å²) in [4.78, 5) is 35.2. The van der Waals surface area contributed by atoms with Crippen LogP contribution < -0.4 is 5.43 Å². The molecule has 20 heavy (non-hydrogen) atoms. The van der Waals surface area contributed by atoms with Crippen molar-refractivity contribution in [1.29, 1.82) is 0 Å². The van der Waals surface area contributed by atoms with E-state index in [-0.39, 0.29) is 23.4 Å². The second kappa shape index (κ2) is 5.59. The van der Waals surface area contributed by atoms with E-state index in [4.69, 9.17) is 16.0 Å². The monoisotopic (exact) mass is 292 g/mol. The first-order valence-corrected chi connectivity index (χ1v) is 6.49. The van der Waals surface area contributed by atoms with Gasteiger partial charge in [-0.05, 0) is 38.5 Å². The van der Waals surface area contributed by atoms with Gasteiger partial charge < -0.3 is 4.42 Å². The fourth-order valence-corrected chi connectivity index (χ4v) is 2.25. The van der Waals surface area contributed by atoms with Crippen molar-refractivity contribution in [2.45, 2.75) is 20.3 Å². The number of ketones is 2. The number of halogens is 1. The summed E-state index contributed by atoms with van der Waals surface area (Å²) in [6.07, 6.45) is 1.35. The fourth-order valence-electron chi connectivity index (χ4n) is 2.08. The molecule has 1 aromatic carbocycles. The summed E-state index contributed by atoms with van der Waals surface area (Å²) in [6, 6.07) is 4.75. The van der Waals surface area contributed by atoms with Gasteiger partial charge in [0, 0.05) is 10.6 Å². The molecule has 0 aliphatic carbocycles. The van der Waals surface area contributed by atoms with Crippen LogP contribution in [0.5, 0.6) is 0 Å². The minimum atomic E-state index is -0.811. The number of rotatable bonds is 4. The molecule has 0 fully saturated rings. The van der Waals surface area contributed by atoms with E-state index in [0.29, 0.717) is 21.6 Å². The summed E-state index contributed by atoms with van der Waals surface area (Å²) in [5.41, 5.74) is 0.460. The zero-order valence-corrected chi connectivity index (χ0v) is 11.9. The molecule has 5 heteroatoms. The van der Waals surface area contributed by atoms with Crippen molar-refractivity contribution in [2.75, 3.05) is 0 Å². The molecule has 0 atom stereocenters. The van der Waals surface area contributed by atoms with Crippen molar-refractivity contribution < 1.29 is 14.0 Å². The first kappa shape index (κ1) is 14.5. The Hall–Kier alpha value is -1.94. The largest absolute Gasteiger partial charge is 0.464 e. The van der Waals surface area contributed by atoms with Crippen molar-refractivity contribution in [3.05, 3.63) is 45.3 Å². The molecule has 2 aromatic rings. The third-order valence-electron chi connectivity index (χ3n) is 3.21. The van der Waals surface area contributed by atoms with E-state index >= 15 is 0 Å². The van der Waals surface area contributed by atoms with Crippen molar-refractivity contribution in [2.24, 2.45) is 5.92 Å². The standard InChI is InChI=1S/C15H13ClO4/c1-8(17)12(9(2)18)5-10-7-20-14-4-3-11(16)6-13(14)15(10)19/h3-4,6-7,12H,5H2,1-2H3. The lowest BCUT2D eigenvalue weighted by molar-refractivity contribution is -0.130. The molecule has 2 rings (SSSR count). The molecule has 0 bridgehead atoms. The van der Waals surface area contributed by atoms with Crippen molar-refractivity contribution in [1.82, 2.24) is 0 Å². The third-order valence-corrected chi connectivity index (χ3v) is 3.45. The maximum absolute atomic E-state index is 12.3. The second-order valence-electron chi connectivity index (χ2n) is 4.71. The van der Waals surface area contributed by atoms with Gasteiger partial charge in [-0.3, -0.25) is 14.4 Å². The Kier molecular flexibility index (Phi) is 4.04. The summed E-state index contributed by atoms with van der Waals surface area (Å²) in [6.45, 7) is 2.68. The molecular weight excluding hydrogens is 280 g/mol. The predicted molar refractivity (Wildman–Crippen MR) is 76.1 cm³/mol. The number of carbonyl (C=O) groups excluding carboxylic acids is 2. The highest BCUT2D eigenvalue weighted by Crippen LogP contribution is 2.18. The molecule has 0 radical (unpaired) electrons. The van der Waals surface area contributed by atoms with E-state index in [0.717, 1.165) is 0 Å². The molecule has 4 nitrogen and oxygen atoms in total. The van der Waals surface area contributed by atoms with E-state index in [9.17, 15) is 14.4 Å². The van der Waals surface area contributed by atoms with E-state index in [1.807, 2.05) is 0 Å². The maximum atomic E-state index is 12.3. The van der Waals surface area contributed by atoms with Crippen LogP contribution in [0.3, 0.4) is 0 Å². The summed E-state index contributed by atoms with van der Waals surface area (Å²) < 4.78 is 5.36. The van der Waals surface area contributed by atoms with Crippen molar-refractivity contribution >= 4 is 34.1 Å². The van der Waals surface area contributed by atoms with Crippen LogP contribution in [-0.2, 0) is 16.0 Å². The summed E-state index contributed by atoms with van der Waals surface area (Å²) in [5, 5.41) is 0.775. The third kappa shape index (κ3) is 2.80. The topological polar surface area (TPSA) is 64.3 Å². The van der Waals surface area contributed by atoms with Crippen LogP contribution in [0.1, 0.15) is 19.4 Å². The highest BCUT2D eigenvalue weighted by atomic mass is 35.5. The van der Waals surface area contributed by atoms with E-state index < -0.39 is 5.92 Å². The molecule has 0 saturated heterocycles. The lowest BCUT2D eigenvalue weighted by Crippen LogP contribution is -2.24. The highest BCUT2D eigenvalue weighted by molar-refractivity contribution is 6.31. The minimum absolute atomic E-state index is 0.0510. The van der Waals surface area contributed by atoms with E-state index in [2.05, 4.69) is 0 Å². The number of Topliss-reactive ketones (excluding diaryl/α,β-unsaturated/α-hetero) is 2. The van der Waals surface area contributed by atoms with Crippen molar-refractivity contribution in [3.8, 4) is 0 Å². The zero-order chi connectivity index (χ0) is 14.9. The lowest BCUT2D eigenvalue weighted by Gasteiger charge is -2.09. The number of benzene rings is 1. The maximum Gasteiger partial charge on any atom is 0.195 e. The minimum Gasteiger partial charge on any atom is -0.464 e. The Bertz CT molecular complexity index is 731. The van der Waals surface area contributed by atoms with Gasteiger partial charge >= 0.3 is 0 Å². The van der Waals surface area contributed by atoms with Gasteiger partial charge in [-0.2, -0.15) is 0 Å². The van der Waals surface area contributed by atoms with Gasteiger partial charge in [0.2, 0.25) is 0 Å². The van der Waals surface area contributed by atoms with E-state index in [1.54, 1.807) is 12.1 Å². The quantitative estimate of drug-likeness (QED) is 0.813. The Labute approximate surface area is 120 Å². The van der Waals surface area contributed by atoms with Gasteiger partial charge in [0.25, 0.3) is 0 Å². The molecule has 0 spiro atoms. The molecule has 0 saturated carbocycles. The van der Waals surface area contributed by atoms with Gasteiger partial charge in [-0.15, -0.1) is 0 Å². The van der Waals surface area contributed by atoms with Crippen LogP contribution in [0.25, 0.3) is 11.0 Å². The van der Waals surface area contributed by atoms with Gasteiger partial charge in [-0.1, -0.05) is 11.6 Å². The molecular formula is C15H13ClO4. The molecule has 0 N–H and O–H groups in total. The Morgan fingerprint density at radius 2 is 1.90 bits per heavy atom. The molecule has 104 valence electrons. The molecule has 0 amide bonds. The zero-order valence-electron chi connectivity index (χ0n) is 11.1. The lowest BCUT2D eigenvalue weighted by atomic mass is 9.93. The molecule has 1 aromatic heterocycles. The fraction of sp³-hybridized carbons (Fsp3) is 0.267. The summed E-state index contributed by atoms with van der Waals surface area (Å²) in [5.74, 6) is -1.33. The van der Waals surface area contributed by atoms with Gasteiger partial charge in [0.1, 0.15) is 17.1 Å². The molecule has 0 aliphatic rings. The summed E-state index contributed by atoms with van der Waals surface area (Å²) in [7, 11) is 0. The first-order chi connectivity index (χ1) is 9.40. The van der Waals surface area contributed by atoms with Crippen LogP contribution in [0.15, 0.2) is 33.7 Å². The van der Waals surface area contributed by atoms with E-state index in [1.165, 1.54) is 26.2 Å². The predicted octanol–water partition coefficient (Wildman–Crippen LogP) is 2.78. The number of hydrogen-bond acceptors (Lipinski definition) is 4. The summed E-state index contributed by atoms with van der Waals surface area (Å²) >= 11 is 5.86. The van der Waals surface area contributed by atoms with Gasteiger partial charge in [0.05, 0.1) is 17.6 Å². The van der Waals surface area contributed by atoms with Crippen LogP contribution in [0, 0.1) is 5.92 Å². The van der Waals surface area contributed by atoms with Crippen LogP contribution in [0.4, 0.5) is 0 Å². The number of carbonyl (C=O) groups is 2. The number of fused-ring (bicyclic) bond motifs is 1. The smallest absolute Gasteiger partial charge is 0.195 e. The van der Waals surface area contributed by atoms with Crippen LogP contribution >= 0.6 is 11.6 Å². The first-order valence-electron chi connectivity index (χ1n) is 6.11. The van der Waals surface area contributed by atoms with Crippen LogP contribution in [0.2, 0.25) is 5.02 Å². The SMILES string of the molecule is CC(=O)C(Cc1coc2ccc(Cl)cc2c1=O)C(C)=O. The molecule has 1 heterocycles. The molecule has 0 unspecified atom stereocenters. The van der Waals surface area contributed by atoms with Crippen molar-refractivity contribution in [3.63, 3.8) is 0 Å². The Balaban J connectivity index is 2.50. The highest BCUT2D eigenvalue weighted by Gasteiger charge is 2.22. The second-order valence-corrected chi connectivity index (χ2v) is 5.14. The van der Waals surface area contributed by atoms with Crippen LogP contribution in [-0.4, -0.2) is 11.6 Å². The average Bonchev–Trinajstić information content (AvgIpc) is 2.37. The Morgan fingerprint density at radius 1 is 1.25 bits per heavy atom. The average molecular weight is 293 g/mol. The normalized spacial score (nSPS) is 11.0. The Morgan fingerprint density at radius 3 is 2.50 bits per heavy atom. The number of hydrogen-bond donors (Lipinski definition) is 0. The van der Waals surface area contributed by atoms with Gasteiger partial charge in [-0.25, -0.2) is 0 Å². The van der Waals surface area contributed by atoms with Gasteiger partial charge in [0.15, 0.2) is 5.43 Å². The molecule has 0 aliphatic heterocycles.